The molecule has 0 aliphatic heterocycles. The van der Waals surface area contributed by atoms with Crippen molar-refractivity contribution in [3.63, 3.8) is 0 Å². The van der Waals surface area contributed by atoms with Crippen LogP contribution in [0.4, 0.5) is 11.4 Å². The first kappa shape index (κ1) is 17.9. The van der Waals surface area contributed by atoms with E-state index in [1.807, 2.05) is 0 Å². The van der Waals surface area contributed by atoms with Crippen LogP contribution in [0.15, 0.2) is 42.6 Å². The molecule has 0 spiro atoms. The first-order chi connectivity index (χ1) is 11.9. The van der Waals surface area contributed by atoms with Gasteiger partial charge in [-0.1, -0.05) is 6.07 Å². The van der Waals surface area contributed by atoms with E-state index in [9.17, 15) is 19.7 Å². The molecule has 1 aromatic heterocycles. The van der Waals surface area contributed by atoms with Gasteiger partial charge in [0, 0.05) is 18.3 Å². The molecule has 1 aromatic carbocycles. The van der Waals surface area contributed by atoms with Crippen molar-refractivity contribution in [1.29, 1.82) is 0 Å². The minimum Gasteiger partial charge on any atom is -0.495 e. The van der Waals surface area contributed by atoms with Crippen molar-refractivity contribution < 1.29 is 24.0 Å². The van der Waals surface area contributed by atoms with Crippen molar-refractivity contribution in [3.8, 4) is 5.75 Å². The minimum atomic E-state index is -1.14. The maximum Gasteiger partial charge on any atom is 0.357 e. The van der Waals surface area contributed by atoms with Gasteiger partial charge in [0.05, 0.1) is 17.7 Å². The number of hydrogen-bond donors (Lipinski definition) is 1. The molecule has 0 aliphatic carbocycles. The minimum absolute atomic E-state index is 0.0649. The van der Waals surface area contributed by atoms with E-state index in [1.54, 1.807) is 12.1 Å². The summed E-state index contributed by atoms with van der Waals surface area (Å²) in [7, 11) is 1.36. The molecule has 1 heterocycles. The third kappa shape index (κ3) is 4.50. The Labute approximate surface area is 142 Å². The lowest BCUT2D eigenvalue weighted by Crippen LogP contribution is -2.30. The van der Waals surface area contributed by atoms with Crippen molar-refractivity contribution in [2.24, 2.45) is 0 Å². The lowest BCUT2D eigenvalue weighted by atomic mass is 10.2. The Hall–Kier alpha value is -3.49. The number of non-ortho nitro benzene ring substituents is 1. The SMILES string of the molecule is COc1ccc([N+](=O)[O-])cc1NC(=O)[C@H](C)OC(=O)c1ccccn1. The van der Waals surface area contributed by atoms with Crippen LogP contribution in [0.2, 0.25) is 0 Å². The van der Waals surface area contributed by atoms with Gasteiger partial charge in [0.15, 0.2) is 6.10 Å². The predicted molar refractivity (Wildman–Crippen MR) is 87.4 cm³/mol. The number of esters is 1. The van der Waals surface area contributed by atoms with E-state index in [4.69, 9.17) is 9.47 Å². The highest BCUT2D eigenvalue weighted by molar-refractivity contribution is 5.98. The Balaban J connectivity index is 2.09. The number of hydrogen-bond acceptors (Lipinski definition) is 7. The molecule has 1 amide bonds. The molecule has 0 bridgehead atoms. The van der Waals surface area contributed by atoms with Crippen molar-refractivity contribution in [2.45, 2.75) is 13.0 Å². The van der Waals surface area contributed by atoms with Crippen molar-refractivity contribution >= 4 is 23.3 Å². The summed E-state index contributed by atoms with van der Waals surface area (Å²) in [6.45, 7) is 1.38. The zero-order valence-corrected chi connectivity index (χ0v) is 13.5. The van der Waals surface area contributed by atoms with Gasteiger partial charge in [0.2, 0.25) is 0 Å². The van der Waals surface area contributed by atoms with Crippen LogP contribution in [-0.4, -0.2) is 35.0 Å². The number of amides is 1. The average Bonchev–Trinajstić information content (AvgIpc) is 2.62. The van der Waals surface area contributed by atoms with E-state index < -0.39 is 22.9 Å². The summed E-state index contributed by atoms with van der Waals surface area (Å²) >= 11 is 0. The molecule has 1 N–H and O–H groups in total. The lowest BCUT2D eigenvalue weighted by Gasteiger charge is -2.14. The van der Waals surface area contributed by atoms with Crippen LogP contribution in [0.5, 0.6) is 5.75 Å². The molecule has 0 aliphatic rings. The fourth-order valence-electron chi connectivity index (χ4n) is 1.90. The van der Waals surface area contributed by atoms with Gasteiger partial charge in [-0.05, 0) is 25.1 Å². The third-order valence-corrected chi connectivity index (χ3v) is 3.18. The number of rotatable bonds is 6. The number of anilines is 1. The number of nitrogens with one attached hydrogen (secondary N) is 1. The molecule has 130 valence electrons. The summed E-state index contributed by atoms with van der Waals surface area (Å²) in [5, 5.41) is 13.3. The van der Waals surface area contributed by atoms with Gasteiger partial charge in [-0.2, -0.15) is 0 Å². The second-order valence-electron chi connectivity index (χ2n) is 4.89. The number of nitro groups is 1. The van der Waals surface area contributed by atoms with E-state index in [0.717, 1.165) is 6.07 Å². The molecule has 25 heavy (non-hydrogen) atoms. The molecule has 0 radical (unpaired) electrons. The smallest absolute Gasteiger partial charge is 0.357 e. The molecule has 2 aromatic rings. The van der Waals surface area contributed by atoms with Crippen LogP contribution in [0.25, 0.3) is 0 Å². The van der Waals surface area contributed by atoms with E-state index in [2.05, 4.69) is 10.3 Å². The van der Waals surface area contributed by atoms with Crippen LogP contribution in [-0.2, 0) is 9.53 Å². The summed E-state index contributed by atoms with van der Waals surface area (Å²) in [6.07, 6.45) is 0.286. The highest BCUT2D eigenvalue weighted by atomic mass is 16.6. The summed E-state index contributed by atoms with van der Waals surface area (Å²) in [4.78, 5) is 38.2. The Morgan fingerprint density at radius 2 is 2.04 bits per heavy atom. The molecular weight excluding hydrogens is 330 g/mol. The van der Waals surface area contributed by atoms with E-state index in [-0.39, 0.29) is 22.8 Å². The van der Waals surface area contributed by atoms with Crippen LogP contribution in [0.3, 0.4) is 0 Å². The van der Waals surface area contributed by atoms with Gasteiger partial charge >= 0.3 is 5.97 Å². The number of aromatic nitrogens is 1. The van der Waals surface area contributed by atoms with E-state index in [1.165, 1.54) is 38.4 Å². The van der Waals surface area contributed by atoms with Crippen LogP contribution >= 0.6 is 0 Å². The van der Waals surface area contributed by atoms with E-state index >= 15 is 0 Å². The molecule has 0 saturated carbocycles. The van der Waals surface area contributed by atoms with Crippen molar-refractivity contribution in [3.05, 3.63) is 58.4 Å². The quantitative estimate of drug-likeness (QED) is 0.484. The lowest BCUT2D eigenvalue weighted by molar-refractivity contribution is -0.384. The number of benzene rings is 1. The summed E-state index contributed by atoms with van der Waals surface area (Å²) < 4.78 is 10.1. The molecular formula is C16H15N3O6. The number of carbonyl (C=O) groups excluding carboxylic acids is 2. The fraction of sp³-hybridized carbons (Fsp3) is 0.188. The fourth-order valence-corrected chi connectivity index (χ4v) is 1.90. The molecule has 9 nitrogen and oxygen atoms in total. The van der Waals surface area contributed by atoms with Crippen LogP contribution in [0, 0.1) is 10.1 Å². The standard InChI is InChI=1S/C16H15N3O6/c1-10(25-16(21)12-5-3-4-8-17-12)15(20)18-13-9-11(19(22)23)6-7-14(13)24-2/h3-10H,1-2H3,(H,18,20)/t10-/m0/s1. The largest absolute Gasteiger partial charge is 0.495 e. The average molecular weight is 345 g/mol. The van der Waals surface area contributed by atoms with Crippen LogP contribution in [0.1, 0.15) is 17.4 Å². The van der Waals surface area contributed by atoms with Crippen molar-refractivity contribution in [2.75, 3.05) is 12.4 Å². The molecule has 0 fully saturated rings. The molecule has 2 rings (SSSR count). The first-order valence-electron chi connectivity index (χ1n) is 7.17. The zero-order valence-electron chi connectivity index (χ0n) is 13.5. The maximum atomic E-state index is 12.2. The van der Waals surface area contributed by atoms with Gasteiger partial charge in [0.25, 0.3) is 11.6 Å². The number of methoxy groups -OCH3 is 1. The Morgan fingerprint density at radius 1 is 1.28 bits per heavy atom. The maximum absolute atomic E-state index is 12.2. The summed E-state index contributed by atoms with van der Waals surface area (Å²) in [5.74, 6) is -1.18. The highest BCUT2D eigenvalue weighted by Gasteiger charge is 2.21. The Kier molecular flexibility index (Phi) is 5.62. The van der Waals surface area contributed by atoms with Crippen molar-refractivity contribution in [1.82, 2.24) is 4.98 Å². The highest BCUT2D eigenvalue weighted by Crippen LogP contribution is 2.29. The summed E-state index contributed by atoms with van der Waals surface area (Å²) in [6, 6.07) is 8.47. The second kappa shape index (κ2) is 7.86. The first-order valence-corrected chi connectivity index (χ1v) is 7.17. The number of nitro benzene ring substituents is 1. The number of carbonyl (C=O) groups is 2. The van der Waals surface area contributed by atoms with Crippen LogP contribution < -0.4 is 10.1 Å². The van der Waals surface area contributed by atoms with Gasteiger partial charge in [-0.15, -0.1) is 0 Å². The monoisotopic (exact) mass is 345 g/mol. The number of pyridine rings is 1. The molecule has 1 atom stereocenters. The zero-order chi connectivity index (χ0) is 18.4. The van der Waals surface area contributed by atoms with Gasteiger partial charge in [-0.25, -0.2) is 9.78 Å². The summed E-state index contributed by atoms with van der Waals surface area (Å²) in [5.41, 5.74) is -0.0493. The van der Waals surface area contributed by atoms with Gasteiger partial charge < -0.3 is 14.8 Å². The molecule has 9 heteroatoms. The second-order valence-corrected chi connectivity index (χ2v) is 4.89. The Morgan fingerprint density at radius 3 is 2.64 bits per heavy atom. The number of nitrogens with zero attached hydrogens (tertiary/aromatic N) is 2. The van der Waals surface area contributed by atoms with Gasteiger partial charge in [0.1, 0.15) is 11.4 Å². The third-order valence-electron chi connectivity index (χ3n) is 3.18. The van der Waals surface area contributed by atoms with E-state index in [0.29, 0.717) is 0 Å². The Bertz CT molecular complexity index is 794. The molecule has 0 unspecified atom stereocenters. The number of ether oxygens (including phenoxy) is 2. The topological polar surface area (TPSA) is 121 Å². The predicted octanol–water partition coefficient (Wildman–Crippen LogP) is 2.18. The van der Waals surface area contributed by atoms with Gasteiger partial charge in [-0.3, -0.25) is 14.9 Å². The normalized spacial score (nSPS) is 11.3. The molecule has 0 saturated heterocycles.